The summed E-state index contributed by atoms with van der Waals surface area (Å²) in [7, 11) is 0. The van der Waals surface area contributed by atoms with Crippen LogP contribution in [0.1, 0.15) is 38.5 Å². The Kier molecular flexibility index (Phi) is 5.05. The summed E-state index contributed by atoms with van der Waals surface area (Å²) in [5.74, 6) is 0.582. The minimum Gasteiger partial charge on any atom is -0.337 e. The van der Waals surface area contributed by atoms with Crippen molar-refractivity contribution in [3.05, 3.63) is 131 Å². The van der Waals surface area contributed by atoms with Gasteiger partial charge in [-0.05, 0) is 84.5 Å². The van der Waals surface area contributed by atoms with Crippen molar-refractivity contribution in [3.63, 3.8) is 0 Å². The first-order chi connectivity index (χ1) is 18.5. The molecule has 0 bridgehead atoms. The Balaban J connectivity index is 1.31. The zero-order valence-corrected chi connectivity index (χ0v) is 21.4. The average molecular weight is 502 g/mol. The molecule has 0 unspecified atom stereocenters. The molecule has 4 nitrogen and oxygen atoms in total. The number of carbonyl (C=O) groups excluding carboxylic acids is 1. The van der Waals surface area contributed by atoms with Gasteiger partial charge in [-0.2, -0.15) is 5.10 Å². The summed E-state index contributed by atoms with van der Waals surface area (Å²) in [4.78, 5) is 15.7. The van der Waals surface area contributed by atoms with Crippen molar-refractivity contribution in [1.29, 1.82) is 0 Å². The minimum atomic E-state index is -0.263. The normalized spacial score (nSPS) is 22.0. The predicted octanol–water partition coefficient (Wildman–Crippen LogP) is 6.59. The van der Waals surface area contributed by atoms with E-state index in [1.54, 1.807) is 12.1 Å². The number of carbonyl (C=O) groups is 1. The Morgan fingerprint density at radius 2 is 1.66 bits per heavy atom. The van der Waals surface area contributed by atoms with Crippen molar-refractivity contribution in [2.45, 2.75) is 25.2 Å². The third kappa shape index (κ3) is 3.34. The molecular weight excluding hydrogens is 473 g/mol. The second kappa shape index (κ2) is 8.38. The van der Waals surface area contributed by atoms with Gasteiger partial charge in [0.1, 0.15) is 5.82 Å². The Hall–Kier alpha value is -4.25. The largest absolute Gasteiger partial charge is 0.337 e. The molecule has 5 heteroatoms. The number of fused-ring (bicyclic) bond motifs is 2. The average Bonchev–Trinajstić information content (AvgIpc) is 3.19. The van der Waals surface area contributed by atoms with Crippen molar-refractivity contribution in [3.8, 4) is 5.69 Å². The molecular formula is C33H28FN3O. The standard InChI is InChI=1S/C33H28FN3O/c1-21-8-6-7-11-27(21)32(38)36-19-29-31(23-9-4-3-5-10-23)33(29,20-36)28-17-24-18-35-37(30(24)16-22(28)2)26-14-12-25(34)13-15-26/h3-18,29,31H,19-20H2,1-2H3/t29-,31-,33+/m0/s1. The number of likely N-dealkylation sites (tertiary alicyclic amines) is 1. The zero-order chi connectivity index (χ0) is 26.0. The third-order valence-electron chi connectivity index (χ3n) is 8.69. The van der Waals surface area contributed by atoms with Crippen molar-refractivity contribution in [2.75, 3.05) is 13.1 Å². The molecule has 1 aliphatic heterocycles. The lowest BCUT2D eigenvalue weighted by Crippen LogP contribution is -2.35. The van der Waals surface area contributed by atoms with Crippen LogP contribution in [0.15, 0.2) is 97.2 Å². The van der Waals surface area contributed by atoms with E-state index in [1.165, 1.54) is 28.8 Å². The molecule has 1 saturated heterocycles. The number of hydrogen-bond donors (Lipinski definition) is 0. The van der Waals surface area contributed by atoms with Gasteiger partial charge in [0.05, 0.1) is 17.4 Å². The lowest BCUT2D eigenvalue weighted by atomic mass is 9.86. The molecule has 5 aromatic rings. The van der Waals surface area contributed by atoms with Crippen LogP contribution in [0.25, 0.3) is 16.6 Å². The summed E-state index contributed by atoms with van der Waals surface area (Å²) < 4.78 is 15.4. The van der Waals surface area contributed by atoms with Crippen LogP contribution in [-0.4, -0.2) is 33.7 Å². The number of aryl methyl sites for hydroxylation is 2. The molecule has 0 radical (unpaired) electrons. The van der Waals surface area contributed by atoms with Gasteiger partial charge in [-0.25, -0.2) is 9.07 Å². The molecule has 1 aliphatic carbocycles. The van der Waals surface area contributed by atoms with Gasteiger partial charge in [0.25, 0.3) is 5.91 Å². The van der Waals surface area contributed by atoms with Crippen LogP contribution in [0, 0.1) is 25.6 Å². The molecule has 4 aromatic carbocycles. The van der Waals surface area contributed by atoms with E-state index in [1.807, 2.05) is 42.1 Å². The van der Waals surface area contributed by atoms with Gasteiger partial charge in [-0.1, -0.05) is 48.5 Å². The molecule has 1 aromatic heterocycles. The maximum absolute atomic E-state index is 13.6. The number of nitrogens with zero attached hydrogens (tertiary/aromatic N) is 3. The SMILES string of the molecule is Cc1ccccc1C(=O)N1C[C@H]2[C@H](c3ccccc3)[C@@]2(c2cc3cnn(-c4ccc(F)cc4)c3cc2C)C1. The fourth-order valence-electron chi connectivity index (χ4n) is 6.87. The van der Waals surface area contributed by atoms with Gasteiger partial charge in [-0.3, -0.25) is 4.79 Å². The van der Waals surface area contributed by atoms with Gasteiger partial charge in [0.15, 0.2) is 0 Å². The van der Waals surface area contributed by atoms with E-state index in [2.05, 4.69) is 59.4 Å². The lowest BCUT2D eigenvalue weighted by molar-refractivity contribution is 0.0768. The zero-order valence-electron chi connectivity index (χ0n) is 21.4. The highest BCUT2D eigenvalue weighted by Gasteiger charge is 2.70. The fraction of sp³-hybridized carbons (Fsp3) is 0.212. The van der Waals surface area contributed by atoms with E-state index in [4.69, 9.17) is 0 Å². The van der Waals surface area contributed by atoms with E-state index in [9.17, 15) is 9.18 Å². The summed E-state index contributed by atoms with van der Waals surface area (Å²) in [5.41, 5.74) is 7.31. The Morgan fingerprint density at radius 3 is 2.42 bits per heavy atom. The van der Waals surface area contributed by atoms with Crippen LogP contribution >= 0.6 is 0 Å². The van der Waals surface area contributed by atoms with Crippen molar-refractivity contribution in [2.24, 2.45) is 5.92 Å². The number of benzene rings is 4. The number of piperidine rings is 1. The first kappa shape index (κ1) is 22.9. The molecule has 7 rings (SSSR count). The molecule has 0 spiro atoms. The molecule has 2 aliphatic rings. The predicted molar refractivity (Wildman–Crippen MR) is 147 cm³/mol. The van der Waals surface area contributed by atoms with Gasteiger partial charge < -0.3 is 4.90 Å². The van der Waals surface area contributed by atoms with Gasteiger partial charge in [0.2, 0.25) is 0 Å². The number of hydrogen-bond acceptors (Lipinski definition) is 2. The van der Waals surface area contributed by atoms with Crippen LogP contribution in [-0.2, 0) is 5.41 Å². The van der Waals surface area contributed by atoms with E-state index < -0.39 is 0 Å². The second-order valence-corrected chi connectivity index (χ2v) is 10.8. The molecule has 0 N–H and O–H groups in total. The summed E-state index contributed by atoms with van der Waals surface area (Å²) in [5, 5.41) is 5.69. The van der Waals surface area contributed by atoms with Gasteiger partial charge in [0, 0.05) is 35.4 Å². The summed E-state index contributed by atoms with van der Waals surface area (Å²) in [6.07, 6.45) is 1.89. The molecule has 2 fully saturated rings. The van der Waals surface area contributed by atoms with Crippen molar-refractivity contribution in [1.82, 2.24) is 14.7 Å². The van der Waals surface area contributed by atoms with E-state index in [-0.39, 0.29) is 17.1 Å². The Morgan fingerprint density at radius 1 is 0.921 bits per heavy atom. The number of aromatic nitrogens is 2. The smallest absolute Gasteiger partial charge is 0.254 e. The minimum absolute atomic E-state index is 0.115. The fourth-order valence-corrected chi connectivity index (χ4v) is 6.87. The lowest BCUT2D eigenvalue weighted by Gasteiger charge is -2.26. The first-order valence-electron chi connectivity index (χ1n) is 13.1. The maximum Gasteiger partial charge on any atom is 0.254 e. The quantitative estimate of drug-likeness (QED) is 0.279. The Bertz CT molecular complexity index is 1690. The summed E-state index contributed by atoms with van der Waals surface area (Å²) in [6, 6.07) is 29.5. The maximum atomic E-state index is 13.6. The topological polar surface area (TPSA) is 38.1 Å². The number of amides is 1. The summed E-state index contributed by atoms with van der Waals surface area (Å²) in [6.45, 7) is 5.61. The number of rotatable bonds is 4. The molecule has 188 valence electrons. The van der Waals surface area contributed by atoms with Crippen LogP contribution < -0.4 is 0 Å². The van der Waals surface area contributed by atoms with E-state index in [0.29, 0.717) is 18.4 Å². The molecule has 38 heavy (non-hydrogen) atoms. The second-order valence-electron chi connectivity index (χ2n) is 10.8. The molecule has 3 atom stereocenters. The highest BCUT2D eigenvalue weighted by Crippen LogP contribution is 2.70. The molecule has 1 amide bonds. The van der Waals surface area contributed by atoms with E-state index >= 15 is 0 Å². The van der Waals surface area contributed by atoms with Gasteiger partial charge >= 0.3 is 0 Å². The van der Waals surface area contributed by atoms with Crippen LogP contribution in [0.4, 0.5) is 4.39 Å². The highest BCUT2D eigenvalue weighted by molar-refractivity contribution is 5.96. The molecule has 1 saturated carbocycles. The van der Waals surface area contributed by atoms with Gasteiger partial charge in [-0.15, -0.1) is 0 Å². The monoisotopic (exact) mass is 501 g/mol. The van der Waals surface area contributed by atoms with Crippen LogP contribution in [0.5, 0.6) is 0 Å². The Labute approximate surface area is 221 Å². The first-order valence-corrected chi connectivity index (χ1v) is 13.1. The van der Waals surface area contributed by atoms with Crippen LogP contribution in [0.2, 0.25) is 0 Å². The molecule has 2 heterocycles. The highest BCUT2D eigenvalue weighted by atomic mass is 19.1. The number of halogens is 1. The van der Waals surface area contributed by atoms with Crippen molar-refractivity contribution >= 4 is 16.8 Å². The van der Waals surface area contributed by atoms with E-state index in [0.717, 1.165) is 34.3 Å². The summed E-state index contributed by atoms with van der Waals surface area (Å²) >= 11 is 0. The van der Waals surface area contributed by atoms with Crippen LogP contribution in [0.3, 0.4) is 0 Å². The van der Waals surface area contributed by atoms with Crippen molar-refractivity contribution < 1.29 is 9.18 Å². The third-order valence-corrected chi connectivity index (χ3v) is 8.69.